The van der Waals surface area contributed by atoms with E-state index < -0.39 is 10.0 Å². The molecule has 1 fully saturated rings. The first-order valence-electron chi connectivity index (χ1n) is 7.93. The average Bonchev–Trinajstić information content (AvgIpc) is 2.62. The third-order valence-electron chi connectivity index (χ3n) is 3.83. The van der Waals surface area contributed by atoms with Gasteiger partial charge in [0.2, 0.25) is 5.95 Å². The number of rotatable bonds is 5. The van der Waals surface area contributed by atoms with Crippen molar-refractivity contribution < 1.29 is 13.2 Å². The number of carbonyl (C=O) groups is 1. The summed E-state index contributed by atoms with van der Waals surface area (Å²) < 4.78 is 26.9. The molecule has 0 radical (unpaired) electrons. The van der Waals surface area contributed by atoms with Crippen LogP contribution < -0.4 is 10.0 Å². The largest absolute Gasteiger partial charge is 0.361 e. The highest BCUT2D eigenvalue weighted by molar-refractivity contribution is 7.92. The number of nitrogens with one attached hydrogen (secondary N) is 2. The lowest BCUT2D eigenvalue weighted by molar-refractivity contribution is -0.116. The van der Waals surface area contributed by atoms with Crippen LogP contribution in [0.5, 0.6) is 0 Å². The van der Waals surface area contributed by atoms with Crippen LogP contribution in [-0.2, 0) is 14.8 Å². The maximum atomic E-state index is 12.3. The predicted molar refractivity (Wildman–Crippen MR) is 94.5 cm³/mol. The Hall–Kier alpha value is -2.74. The third kappa shape index (κ3) is 4.42. The Bertz CT molecular complexity index is 878. The van der Waals surface area contributed by atoms with E-state index in [0.717, 1.165) is 24.8 Å². The molecule has 25 heavy (non-hydrogen) atoms. The predicted octanol–water partition coefficient (Wildman–Crippen LogP) is 2.72. The highest BCUT2D eigenvalue weighted by atomic mass is 32.2. The molecule has 0 bridgehead atoms. The molecule has 1 saturated carbocycles. The molecule has 0 aliphatic heterocycles. The van der Waals surface area contributed by atoms with E-state index in [-0.39, 0.29) is 16.6 Å². The molecule has 7 nitrogen and oxygen atoms in total. The fourth-order valence-electron chi connectivity index (χ4n) is 2.49. The van der Waals surface area contributed by atoms with Crippen molar-refractivity contribution in [2.45, 2.75) is 30.6 Å². The molecule has 0 atom stereocenters. The number of aromatic nitrogens is 2. The van der Waals surface area contributed by atoms with Crippen LogP contribution in [0.25, 0.3) is 0 Å². The van der Waals surface area contributed by atoms with E-state index in [0.29, 0.717) is 12.1 Å². The number of carbonyl (C=O) groups excluding carboxylic acids is 1. The normalized spacial score (nSPS) is 16.6. The molecule has 1 aliphatic rings. The lowest BCUT2D eigenvalue weighted by atomic mass is 9.94. The molecule has 0 spiro atoms. The van der Waals surface area contributed by atoms with Crippen LogP contribution in [0.3, 0.4) is 0 Å². The SMILES string of the molecule is O=C1CCCCC1=CNc1ccc(S(=O)(=O)Nc2ncccn2)cc1. The topological polar surface area (TPSA) is 101 Å². The van der Waals surface area contributed by atoms with Crippen molar-refractivity contribution in [1.29, 1.82) is 0 Å². The van der Waals surface area contributed by atoms with Crippen molar-refractivity contribution in [2.24, 2.45) is 0 Å². The maximum absolute atomic E-state index is 12.3. The summed E-state index contributed by atoms with van der Waals surface area (Å²) >= 11 is 0. The molecule has 3 rings (SSSR count). The lowest BCUT2D eigenvalue weighted by Crippen LogP contribution is -2.14. The van der Waals surface area contributed by atoms with Gasteiger partial charge in [0.1, 0.15) is 0 Å². The molecular weight excluding hydrogens is 340 g/mol. The van der Waals surface area contributed by atoms with Crippen LogP contribution in [0, 0.1) is 0 Å². The second kappa shape index (κ2) is 7.43. The first-order chi connectivity index (χ1) is 12.0. The Morgan fingerprint density at radius 3 is 2.36 bits per heavy atom. The van der Waals surface area contributed by atoms with Gasteiger partial charge in [0.05, 0.1) is 4.90 Å². The lowest BCUT2D eigenvalue weighted by Gasteiger charge is -2.13. The van der Waals surface area contributed by atoms with Gasteiger partial charge in [0, 0.05) is 36.3 Å². The van der Waals surface area contributed by atoms with Gasteiger partial charge >= 0.3 is 0 Å². The highest BCUT2D eigenvalue weighted by Crippen LogP contribution is 2.21. The zero-order chi connectivity index (χ0) is 17.7. The van der Waals surface area contributed by atoms with Gasteiger partial charge < -0.3 is 5.32 Å². The number of hydrogen-bond donors (Lipinski definition) is 2. The van der Waals surface area contributed by atoms with Gasteiger partial charge in [-0.1, -0.05) is 0 Å². The van der Waals surface area contributed by atoms with E-state index in [1.807, 2.05) is 0 Å². The summed E-state index contributed by atoms with van der Waals surface area (Å²) in [6.45, 7) is 0. The van der Waals surface area contributed by atoms with Crippen molar-refractivity contribution in [3.63, 3.8) is 0 Å². The molecule has 0 saturated heterocycles. The number of nitrogens with zero attached hydrogens (tertiary/aromatic N) is 2. The van der Waals surface area contributed by atoms with E-state index in [1.165, 1.54) is 24.5 Å². The highest BCUT2D eigenvalue weighted by Gasteiger charge is 2.16. The first kappa shape index (κ1) is 17.1. The number of benzene rings is 1. The van der Waals surface area contributed by atoms with Crippen molar-refractivity contribution in [2.75, 3.05) is 10.0 Å². The van der Waals surface area contributed by atoms with E-state index >= 15 is 0 Å². The summed E-state index contributed by atoms with van der Waals surface area (Å²) in [6.07, 6.45) is 7.96. The summed E-state index contributed by atoms with van der Waals surface area (Å²) in [5, 5.41) is 3.05. The zero-order valence-corrected chi connectivity index (χ0v) is 14.3. The number of ketones is 1. The van der Waals surface area contributed by atoms with Gasteiger partial charge in [-0.05, 0) is 49.6 Å². The van der Waals surface area contributed by atoms with E-state index in [2.05, 4.69) is 20.0 Å². The smallest absolute Gasteiger partial charge is 0.264 e. The van der Waals surface area contributed by atoms with Crippen molar-refractivity contribution >= 4 is 27.4 Å². The molecule has 1 aromatic carbocycles. The summed E-state index contributed by atoms with van der Waals surface area (Å²) in [4.78, 5) is 19.6. The van der Waals surface area contributed by atoms with E-state index in [1.54, 1.807) is 24.4 Å². The average molecular weight is 358 g/mol. The Labute approximate surface area is 146 Å². The van der Waals surface area contributed by atoms with E-state index in [4.69, 9.17) is 0 Å². The molecule has 8 heteroatoms. The van der Waals surface area contributed by atoms with Crippen LogP contribution in [0.1, 0.15) is 25.7 Å². The van der Waals surface area contributed by atoms with Gasteiger partial charge in [-0.25, -0.2) is 23.1 Å². The first-order valence-corrected chi connectivity index (χ1v) is 9.41. The molecule has 2 N–H and O–H groups in total. The molecule has 2 aromatic rings. The summed E-state index contributed by atoms with van der Waals surface area (Å²) in [5.74, 6) is 0.190. The number of anilines is 2. The standard InChI is InChI=1S/C17H18N4O3S/c22-16-5-2-1-4-13(16)12-20-14-6-8-15(9-7-14)25(23,24)21-17-18-10-3-11-19-17/h3,6-12,20H,1-2,4-5H2,(H,18,19,21). The summed E-state index contributed by atoms with van der Waals surface area (Å²) in [5.41, 5.74) is 1.49. The molecule has 130 valence electrons. The van der Waals surface area contributed by atoms with E-state index in [9.17, 15) is 13.2 Å². The van der Waals surface area contributed by atoms with Crippen molar-refractivity contribution in [3.8, 4) is 0 Å². The van der Waals surface area contributed by atoms with Crippen LogP contribution in [-0.4, -0.2) is 24.2 Å². The fourth-order valence-corrected chi connectivity index (χ4v) is 3.44. The number of allylic oxidation sites excluding steroid dienone is 1. The van der Waals surface area contributed by atoms with Crippen LogP contribution in [0.15, 0.2) is 59.4 Å². The van der Waals surface area contributed by atoms with Crippen LogP contribution in [0.2, 0.25) is 0 Å². The Kier molecular flexibility index (Phi) is 5.08. The van der Waals surface area contributed by atoms with Crippen molar-refractivity contribution in [3.05, 3.63) is 54.5 Å². The minimum Gasteiger partial charge on any atom is -0.361 e. The molecule has 1 aromatic heterocycles. The molecule has 1 heterocycles. The third-order valence-corrected chi connectivity index (χ3v) is 5.17. The summed E-state index contributed by atoms with van der Waals surface area (Å²) in [6, 6.07) is 7.85. The monoisotopic (exact) mass is 358 g/mol. The fraction of sp³-hybridized carbons (Fsp3) is 0.235. The Balaban J connectivity index is 1.69. The zero-order valence-electron chi connectivity index (χ0n) is 13.5. The van der Waals surface area contributed by atoms with Gasteiger partial charge in [0.25, 0.3) is 10.0 Å². The quantitative estimate of drug-likeness (QED) is 0.797. The van der Waals surface area contributed by atoms with Gasteiger partial charge in [-0.15, -0.1) is 0 Å². The molecule has 0 unspecified atom stereocenters. The Morgan fingerprint density at radius 2 is 1.68 bits per heavy atom. The van der Waals surface area contributed by atoms with Crippen LogP contribution in [0.4, 0.5) is 11.6 Å². The molecule has 0 amide bonds. The van der Waals surface area contributed by atoms with Gasteiger partial charge in [0.15, 0.2) is 5.78 Å². The second-order valence-corrected chi connectivity index (χ2v) is 7.33. The van der Waals surface area contributed by atoms with Crippen LogP contribution >= 0.6 is 0 Å². The van der Waals surface area contributed by atoms with Crippen molar-refractivity contribution in [1.82, 2.24) is 9.97 Å². The molecule has 1 aliphatic carbocycles. The summed E-state index contributed by atoms with van der Waals surface area (Å²) in [7, 11) is -3.75. The molecular formula is C17H18N4O3S. The minimum absolute atomic E-state index is 0.0187. The number of Topliss-reactive ketones (excluding diaryl/α,β-unsaturated/α-hetero) is 1. The Morgan fingerprint density at radius 1 is 1.00 bits per heavy atom. The van der Waals surface area contributed by atoms with Gasteiger partial charge in [-0.3, -0.25) is 4.79 Å². The maximum Gasteiger partial charge on any atom is 0.264 e. The second-order valence-electron chi connectivity index (χ2n) is 5.65. The number of hydrogen-bond acceptors (Lipinski definition) is 6. The number of sulfonamides is 1. The minimum atomic E-state index is -3.75. The van der Waals surface area contributed by atoms with Gasteiger partial charge in [-0.2, -0.15) is 0 Å².